The SMILES string of the molecule is CC(C)(C)OC(=O)n1cc(CO/N=C(\C(=O)O)c2nc(NC=O)sc2Cl)cn1. The van der Waals surface area contributed by atoms with Crippen LogP contribution in [0.25, 0.3) is 0 Å². The number of amides is 1. The topological polar surface area (TPSA) is 145 Å². The number of anilines is 1. The van der Waals surface area contributed by atoms with E-state index in [2.05, 4.69) is 20.6 Å². The minimum absolute atomic E-state index is 0.0202. The molecule has 0 aliphatic heterocycles. The zero-order valence-corrected chi connectivity index (χ0v) is 16.6. The van der Waals surface area contributed by atoms with Gasteiger partial charge in [-0.1, -0.05) is 28.1 Å². The summed E-state index contributed by atoms with van der Waals surface area (Å²) in [5, 5.41) is 19.1. The quantitative estimate of drug-likeness (QED) is 0.387. The lowest BCUT2D eigenvalue weighted by Gasteiger charge is -2.18. The lowest BCUT2D eigenvalue weighted by Crippen LogP contribution is -2.27. The van der Waals surface area contributed by atoms with Crippen LogP contribution in [-0.2, 0) is 25.8 Å². The molecule has 0 radical (unpaired) electrons. The van der Waals surface area contributed by atoms with Gasteiger partial charge in [0.2, 0.25) is 12.1 Å². The summed E-state index contributed by atoms with van der Waals surface area (Å²) in [7, 11) is 0. The standard InChI is InChI=1S/C15H16ClN5O6S/c1-15(2,3)27-14(25)21-5-8(4-18-21)6-26-20-10(12(23)24)9-11(16)28-13(19-9)17-7-22/h4-5,7H,6H2,1-3H3,(H,23,24)(H,17,19,22)/b20-10-. The van der Waals surface area contributed by atoms with Gasteiger partial charge in [0, 0.05) is 11.8 Å². The molecule has 0 saturated heterocycles. The molecule has 0 spiro atoms. The van der Waals surface area contributed by atoms with Crippen LogP contribution in [-0.4, -0.2) is 49.7 Å². The van der Waals surface area contributed by atoms with Crippen LogP contribution in [0.1, 0.15) is 32.0 Å². The van der Waals surface area contributed by atoms with Crippen molar-refractivity contribution < 1.29 is 29.1 Å². The van der Waals surface area contributed by atoms with Crippen LogP contribution in [0.3, 0.4) is 0 Å². The van der Waals surface area contributed by atoms with Crippen molar-refractivity contribution in [2.75, 3.05) is 5.32 Å². The van der Waals surface area contributed by atoms with Crippen LogP contribution in [0, 0.1) is 0 Å². The first kappa shape index (κ1) is 21.3. The van der Waals surface area contributed by atoms with Gasteiger partial charge in [-0.3, -0.25) is 4.79 Å². The summed E-state index contributed by atoms with van der Waals surface area (Å²) in [6.45, 7) is 5.00. The third-order valence-electron chi connectivity index (χ3n) is 2.80. The molecule has 11 nitrogen and oxygen atoms in total. The Hall–Kier alpha value is -2.99. The van der Waals surface area contributed by atoms with Gasteiger partial charge in [-0.25, -0.2) is 14.6 Å². The maximum Gasteiger partial charge on any atom is 0.435 e. The zero-order chi connectivity index (χ0) is 20.9. The molecule has 0 aliphatic carbocycles. The van der Waals surface area contributed by atoms with Crippen molar-refractivity contribution in [1.29, 1.82) is 0 Å². The van der Waals surface area contributed by atoms with E-state index in [9.17, 15) is 19.5 Å². The first-order chi connectivity index (χ1) is 13.1. The summed E-state index contributed by atoms with van der Waals surface area (Å²) in [5.74, 6) is -1.42. The molecular formula is C15H16ClN5O6S. The molecule has 0 aliphatic rings. The molecule has 2 aromatic heterocycles. The number of aliphatic carboxylic acids is 1. The number of ether oxygens (including phenoxy) is 1. The predicted molar refractivity (Wildman–Crippen MR) is 99.6 cm³/mol. The van der Waals surface area contributed by atoms with Gasteiger partial charge in [0.15, 0.2) is 5.13 Å². The van der Waals surface area contributed by atoms with Crippen molar-refractivity contribution in [3.05, 3.63) is 28.0 Å². The number of nitrogens with one attached hydrogen (secondary N) is 1. The summed E-state index contributed by atoms with van der Waals surface area (Å²) in [6, 6.07) is 0. The molecule has 150 valence electrons. The van der Waals surface area contributed by atoms with Crippen LogP contribution < -0.4 is 5.32 Å². The third kappa shape index (κ3) is 5.76. The Bertz CT molecular complexity index is 916. The second-order valence-corrected chi connectivity index (χ2v) is 7.80. The fourth-order valence-electron chi connectivity index (χ4n) is 1.76. The molecule has 0 aromatic carbocycles. The van der Waals surface area contributed by atoms with Crippen LogP contribution in [0.4, 0.5) is 9.93 Å². The third-order valence-corrected chi connectivity index (χ3v) is 3.98. The highest BCUT2D eigenvalue weighted by atomic mass is 35.5. The van der Waals surface area contributed by atoms with Crippen LogP contribution in [0.15, 0.2) is 17.5 Å². The second kappa shape index (κ2) is 8.80. The van der Waals surface area contributed by atoms with E-state index in [1.54, 1.807) is 20.8 Å². The number of carbonyl (C=O) groups is 3. The largest absolute Gasteiger partial charge is 0.476 e. The summed E-state index contributed by atoms with van der Waals surface area (Å²) in [5.41, 5.74) is -0.912. The van der Waals surface area contributed by atoms with Crippen molar-refractivity contribution in [2.24, 2.45) is 5.16 Å². The normalized spacial score (nSPS) is 11.8. The highest BCUT2D eigenvalue weighted by molar-refractivity contribution is 7.20. The van der Waals surface area contributed by atoms with Crippen LogP contribution in [0.5, 0.6) is 0 Å². The maximum atomic E-state index is 11.9. The molecule has 0 saturated carbocycles. The van der Waals surface area contributed by atoms with Crippen molar-refractivity contribution in [3.8, 4) is 0 Å². The lowest BCUT2D eigenvalue weighted by atomic mass is 10.2. The van der Waals surface area contributed by atoms with Gasteiger partial charge < -0.3 is 20.0 Å². The van der Waals surface area contributed by atoms with E-state index in [0.29, 0.717) is 12.0 Å². The van der Waals surface area contributed by atoms with E-state index in [0.717, 1.165) is 16.0 Å². The summed E-state index contributed by atoms with van der Waals surface area (Å²) < 4.78 is 6.17. The Labute approximate surface area is 167 Å². The smallest absolute Gasteiger partial charge is 0.435 e. The van der Waals surface area contributed by atoms with Gasteiger partial charge in [-0.2, -0.15) is 9.78 Å². The molecule has 0 bridgehead atoms. The number of carboxylic acids is 1. The molecule has 2 rings (SSSR count). The van der Waals surface area contributed by atoms with Gasteiger partial charge >= 0.3 is 12.1 Å². The first-order valence-corrected chi connectivity index (χ1v) is 8.87. The van der Waals surface area contributed by atoms with Gasteiger partial charge in [-0.05, 0) is 20.8 Å². The number of carboxylic acid groups (broad SMARTS) is 1. The Kier molecular flexibility index (Phi) is 6.70. The molecule has 0 atom stereocenters. The predicted octanol–water partition coefficient (Wildman–Crippen LogP) is 2.35. The van der Waals surface area contributed by atoms with E-state index in [1.165, 1.54) is 12.4 Å². The van der Waals surface area contributed by atoms with E-state index in [4.69, 9.17) is 21.2 Å². The summed E-state index contributed by atoms with van der Waals surface area (Å²) in [4.78, 5) is 42.7. The molecule has 2 heterocycles. The lowest BCUT2D eigenvalue weighted by molar-refractivity contribution is -0.129. The number of oxime groups is 1. The Morgan fingerprint density at radius 3 is 2.79 bits per heavy atom. The summed E-state index contributed by atoms with van der Waals surface area (Å²) >= 11 is 6.81. The second-order valence-electron chi connectivity index (χ2n) is 6.20. The average Bonchev–Trinajstić information content (AvgIpc) is 3.17. The fourth-order valence-corrected chi connectivity index (χ4v) is 2.76. The van der Waals surface area contributed by atoms with Crippen molar-refractivity contribution in [2.45, 2.75) is 33.0 Å². The molecule has 13 heteroatoms. The number of hydrogen-bond acceptors (Lipinski definition) is 9. The molecule has 2 aromatic rings. The molecule has 0 fully saturated rings. The molecular weight excluding hydrogens is 414 g/mol. The maximum absolute atomic E-state index is 11.9. The van der Waals surface area contributed by atoms with E-state index in [-0.39, 0.29) is 21.8 Å². The zero-order valence-electron chi connectivity index (χ0n) is 15.0. The van der Waals surface area contributed by atoms with Gasteiger partial charge in [-0.15, -0.1) is 0 Å². The molecule has 2 N–H and O–H groups in total. The van der Waals surface area contributed by atoms with E-state index >= 15 is 0 Å². The molecule has 1 amide bonds. The number of nitrogens with zero attached hydrogens (tertiary/aromatic N) is 4. The monoisotopic (exact) mass is 429 g/mol. The van der Waals surface area contributed by atoms with Crippen LogP contribution >= 0.6 is 22.9 Å². The number of aromatic nitrogens is 3. The first-order valence-electron chi connectivity index (χ1n) is 7.67. The fraction of sp³-hybridized carbons (Fsp3) is 0.333. The highest BCUT2D eigenvalue weighted by Gasteiger charge is 2.22. The van der Waals surface area contributed by atoms with Crippen molar-refractivity contribution >= 4 is 52.3 Å². The highest BCUT2D eigenvalue weighted by Crippen LogP contribution is 2.28. The Balaban J connectivity index is 2.08. The number of carbonyl (C=O) groups excluding carboxylic acids is 2. The minimum Gasteiger partial charge on any atom is -0.476 e. The Morgan fingerprint density at radius 2 is 2.18 bits per heavy atom. The van der Waals surface area contributed by atoms with Gasteiger partial charge in [0.05, 0.1) is 6.20 Å². The van der Waals surface area contributed by atoms with Crippen molar-refractivity contribution in [3.63, 3.8) is 0 Å². The number of rotatable bonds is 7. The number of thiazole rings is 1. The average molecular weight is 430 g/mol. The number of halogens is 1. The van der Waals surface area contributed by atoms with E-state index in [1.807, 2.05) is 0 Å². The van der Waals surface area contributed by atoms with Gasteiger partial charge in [0.25, 0.3) is 0 Å². The minimum atomic E-state index is -1.42. The van der Waals surface area contributed by atoms with Crippen molar-refractivity contribution in [1.82, 2.24) is 14.8 Å². The van der Waals surface area contributed by atoms with Crippen LogP contribution in [0.2, 0.25) is 4.34 Å². The molecule has 0 unspecified atom stereocenters. The Morgan fingerprint density at radius 1 is 1.46 bits per heavy atom. The molecule has 28 heavy (non-hydrogen) atoms. The van der Waals surface area contributed by atoms with Gasteiger partial charge in [0.1, 0.15) is 22.2 Å². The number of hydrogen-bond donors (Lipinski definition) is 2. The summed E-state index contributed by atoms with van der Waals surface area (Å²) in [6.07, 6.45) is 2.43. The van der Waals surface area contributed by atoms with E-state index < -0.39 is 23.4 Å².